The Labute approximate surface area is 234 Å². The van der Waals surface area contributed by atoms with Gasteiger partial charge in [-0.1, -0.05) is 60.7 Å². The quantitative estimate of drug-likeness (QED) is 0.327. The van der Waals surface area contributed by atoms with Gasteiger partial charge in [-0.3, -0.25) is 4.90 Å². The van der Waals surface area contributed by atoms with Crippen molar-refractivity contribution in [2.75, 3.05) is 42.5 Å². The fraction of sp³-hybridized carbons (Fsp3) is 0.312. The van der Waals surface area contributed by atoms with Crippen molar-refractivity contribution in [3.05, 3.63) is 107 Å². The van der Waals surface area contributed by atoms with Crippen LogP contribution in [0.15, 0.2) is 73.1 Å². The monoisotopic (exact) mass is 532 g/mol. The molecule has 1 atom stereocenters. The number of carbonyl (C=O) groups excluding carboxylic acids is 1. The first-order valence-electron chi connectivity index (χ1n) is 13.7. The Bertz CT molecular complexity index is 1560. The van der Waals surface area contributed by atoms with Crippen LogP contribution in [-0.2, 0) is 24.3 Å². The van der Waals surface area contributed by atoms with Gasteiger partial charge in [-0.25, -0.2) is 21.3 Å². The molecule has 40 heavy (non-hydrogen) atoms. The highest BCUT2D eigenvalue weighted by Gasteiger charge is 2.35. The molecule has 0 radical (unpaired) electrons. The summed E-state index contributed by atoms with van der Waals surface area (Å²) in [5.41, 5.74) is 5.65. The number of fused-ring (bicyclic) bond motifs is 2. The number of rotatable bonds is 5. The van der Waals surface area contributed by atoms with Gasteiger partial charge in [0.15, 0.2) is 0 Å². The first-order chi connectivity index (χ1) is 19.6. The van der Waals surface area contributed by atoms with Gasteiger partial charge in [0, 0.05) is 42.8 Å². The Balaban J connectivity index is 1.19. The molecule has 1 fully saturated rings. The third-order valence-electron chi connectivity index (χ3n) is 7.94. The van der Waals surface area contributed by atoms with Gasteiger partial charge in [-0.05, 0) is 35.9 Å². The summed E-state index contributed by atoms with van der Waals surface area (Å²) in [5, 5.41) is 2.54. The molecule has 2 aliphatic rings. The molecular weight excluding hydrogens is 500 g/mol. The molecule has 1 saturated heterocycles. The van der Waals surface area contributed by atoms with Crippen LogP contribution in [0.4, 0.5) is 16.3 Å². The van der Waals surface area contributed by atoms with E-state index in [0.29, 0.717) is 19.6 Å². The normalized spacial score (nSPS) is 16.9. The lowest BCUT2D eigenvalue weighted by Gasteiger charge is -2.40. The third-order valence-corrected chi connectivity index (χ3v) is 7.94. The summed E-state index contributed by atoms with van der Waals surface area (Å²) in [6.45, 7) is 13.3. The predicted molar refractivity (Wildman–Crippen MR) is 156 cm³/mol. The zero-order valence-corrected chi connectivity index (χ0v) is 22.7. The topological polar surface area (TPSA) is 66.2 Å². The molecule has 0 bridgehead atoms. The molecule has 0 aliphatic carbocycles. The Morgan fingerprint density at radius 1 is 1.00 bits per heavy atom. The van der Waals surface area contributed by atoms with E-state index in [1.807, 2.05) is 30.3 Å². The minimum atomic E-state index is -0.372. The molecule has 2 aliphatic heterocycles. The molecule has 0 N–H and O–H groups in total. The second-order valence-electron chi connectivity index (χ2n) is 10.4. The van der Waals surface area contributed by atoms with Gasteiger partial charge in [0.25, 0.3) is 0 Å². The average Bonchev–Trinajstić information content (AvgIpc) is 3.00. The van der Waals surface area contributed by atoms with Crippen LogP contribution in [0.1, 0.15) is 22.4 Å². The second kappa shape index (κ2) is 11.2. The van der Waals surface area contributed by atoms with Crippen molar-refractivity contribution in [3.63, 3.8) is 0 Å². The Hall–Kier alpha value is -4.64. The van der Waals surface area contributed by atoms with E-state index in [2.05, 4.69) is 58.0 Å². The third kappa shape index (κ3) is 5.03. The van der Waals surface area contributed by atoms with Crippen LogP contribution in [0.3, 0.4) is 0 Å². The second-order valence-corrected chi connectivity index (χ2v) is 10.4. The minimum absolute atomic E-state index is 0.219. The van der Waals surface area contributed by atoms with Crippen LogP contribution < -0.4 is 9.80 Å². The lowest BCUT2D eigenvalue weighted by Crippen LogP contribution is -2.57. The highest BCUT2D eigenvalue weighted by Crippen LogP contribution is 2.34. The number of amides is 1. The van der Waals surface area contributed by atoms with E-state index in [-0.39, 0.29) is 25.3 Å². The summed E-state index contributed by atoms with van der Waals surface area (Å²) < 4.78 is 5.60. The van der Waals surface area contributed by atoms with E-state index in [0.717, 1.165) is 42.1 Å². The highest BCUT2D eigenvalue weighted by molar-refractivity contribution is 5.97. The van der Waals surface area contributed by atoms with Crippen molar-refractivity contribution >= 4 is 28.4 Å². The van der Waals surface area contributed by atoms with Crippen LogP contribution in [-0.4, -0.2) is 59.7 Å². The first-order valence-corrected chi connectivity index (χ1v) is 13.7. The van der Waals surface area contributed by atoms with E-state index < -0.39 is 0 Å². The maximum Gasteiger partial charge on any atom is 0.410 e. The summed E-state index contributed by atoms with van der Waals surface area (Å²) in [6.07, 6.45) is 2.11. The molecule has 0 unspecified atom stereocenters. The Morgan fingerprint density at radius 3 is 2.65 bits per heavy atom. The van der Waals surface area contributed by atoms with Crippen molar-refractivity contribution < 1.29 is 9.53 Å². The van der Waals surface area contributed by atoms with Crippen LogP contribution in [0.5, 0.6) is 0 Å². The molecule has 3 heterocycles. The van der Waals surface area contributed by atoms with Crippen molar-refractivity contribution in [1.82, 2.24) is 14.9 Å². The largest absolute Gasteiger partial charge is 0.445 e. The molecule has 8 heteroatoms. The van der Waals surface area contributed by atoms with E-state index in [9.17, 15) is 4.79 Å². The van der Waals surface area contributed by atoms with Crippen LogP contribution in [0.25, 0.3) is 15.6 Å². The number of piperazine rings is 1. The van der Waals surface area contributed by atoms with Crippen molar-refractivity contribution in [1.29, 1.82) is 0 Å². The van der Waals surface area contributed by atoms with E-state index >= 15 is 0 Å². The maximum atomic E-state index is 13.0. The molecular formula is C32H32N6O2. The van der Waals surface area contributed by atoms with Crippen molar-refractivity contribution in [2.45, 2.75) is 32.5 Å². The van der Waals surface area contributed by atoms with Gasteiger partial charge in [0.1, 0.15) is 24.8 Å². The Morgan fingerprint density at radius 2 is 1.82 bits per heavy atom. The molecule has 1 amide bonds. The first kappa shape index (κ1) is 25.6. The molecule has 6 rings (SSSR count). The number of aromatic nitrogens is 2. The van der Waals surface area contributed by atoms with Crippen LogP contribution in [0, 0.1) is 13.5 Å². The van der Waals surface area contributed by atoms with E-state index in [4.69, 9.17) is 21.3 Å². The molecule has 1 aromatic heterocycles. The SMILES string of the molecule is [C-]#[N+]C[C@H]1CN(c2ncnc3c2CCN(c2cccc4cccc(C)c24)C3)CCN1C(=O)OCc1ccccc1. The number of benzene rings is 3. The number of carbonyl (C=O) groups is 1. The van der Waals surface area contributed by atoms with Gasteiger partial charge in [-0.2, -0.15) is 0 Å². The molecule has 8 nitrogen and oxygen atoms in total. The van der Waals surface area contributed by atoms with Crippen molar-refractivity contribution in [3.8, 4) is 0 Å². The van der Waals surface area contributed by atoms with Crippen LogP contribution >= 0.6 is 0 Å². The Kier molecular flexibility index (Phi) is 7.19. The summed E-state index contributed by atoms with van der Waals surface area (Å²) >= 11 is 0. The van der Waals surface area contributed by atoms with Gasteiger partial charge < -0.3 is 19.4 Å². The number of hydrogen-bond acceptors (Lipinski definition) is 6. The standard InChI is InChI=1S/C32H32N6O2/c1-23-8-6-11-25-12-7-13-29(30(23)25)36-15-14-27-28(20-36)34-22-35-31(27)37-16-17-38(26(19-37)18-33-2)32(39)40-21-24-9-4-3-5-10-24/h3-13,22,26H,14-21H2,1H3/t26-/m0/s1. The zero-order valence-electron chi connectivity index (χ0n) is 22.7. The zero-order chi connectivity index (χ0) is 27.5. The molecule has 0 spiro atoms. The highest BCUT2D eigenvalue weighted by atomic mass is 16.6. The van der Waals surface area contributed by atoms with Crippen LogP contribution in [0.2, 0.25) is 0 Å². The summed E-state index contributed by atoms with van der Waals surface area (Å²) in [6, 6.07) is 22.3. The number of anilines is 2. The predicted octanol–water partition coefficient (Wildman–Crippen LogP) is 5.25. The molecule has 0 saturated carbocycles. The summed E-state index contributed by atoms with van der Waals surface area (Å²) in [7, 11) is 0. The number of ether oxygens (including phenoxy) is 1. The van der Waals surface area contributed by atoms with Gasteiger partial charge >= 0.3 is 6.09 Å². The maximum absolute atomic E-state index is 13.0. The molecule has 4 aromatic rings. The van der Waals surface area contributed by atoms with Gasteiger partial charge in [0.05, 0.1) is 12.2 Å². The lowest BCUT2D eigenvalue weighted by molar-refractivity contribution is 0.0788. The van der Waals surface area contributed by atoms with E-state index in [1.54, 1.807) is 11.2 Å². The smallest absolute Gasteiger partial charge is 0.410 e. The van der Waals surface area contributed by atoms with Crippen molar-refractivity contribution in [2.24, 2.45) is 0 Å². The number of nitrogens with zero attached hydrogens (tertiary/aromatic N) is 6. The molecule has 202 valence electrons. The summed E-state index contributed by atoms with van der Waals surface area (Å²) in [5.74, 6) is 0.922. The lowest BCUT2D eigenvalue weighted by atomic mass is 9.99. The fourth-order valence-corrected chi connectivity index (χ4v) is 5.94. The number of aryl methyl sites for hydroxylation is 1. The fourth-order valence-electron chi connectivity index (χ4n) is 5.94. The van der Waals surface area contributed by atoms with Gasteiger partial charge in [-0.15, -0.1) is 0 Å². The molecule has 3 aromatic carbocycles. The minimum Gasteiger partial charge on any atom is -0.445 e. The van der Waals surface area contributed by atoms with E-state index in [1.165, 1.54) is 22.0 Å². The average molecular weight is 533 g/mol. The summed E-state index contributed by atoms with van der Waals surface area (Å²) in [4.78, 5) is 32.3. The number of hydrogen-bond donors (Lipinski definition) is 0. The van der Waals surface area contributed by atoms with Gasteiger partial charge in [0.2, 0.25) is 6.54 Å².